The molecule has 3 aromatic rings. The first kappa shape index (κ1) is 16.5. The molecule has 0 saturated carbocycles. The van der Waals surface area contributed by atoms with E-state index >= 15 is 0 Å². The Morgan fingerprint density at radius 2 is 1.75 bits per heavy atom. The van der Waals surface area contributed by atoms with Crippen LogP contribution < -0.4 is 10.5 Å². The Morgan fingerprint density at radius 3 is 2.42 bits per heavy atom. The zero-order valence-corrected chi connectivity index (χ0v) is 14.5. The van der Waals surface area contributed by atoms with Crippen molar-refractivity contribution < 1.29 is 12.8 Å². The van der Waals surface area contributed by atoms with Crippen molar-refractivity contribution in [2.24, 2.45) is 0 Å². The maximum Gasteiger partial charge on any atom is 0.417 e. The van der Waals surface area contributed by atoms with Crippen LogP contribution in [0.1, 0.15) is 22.3 Å². The molecule has 0 radical (unpaired) electrons. The minimum absolute atomic E-state index is 0.123. The molecule has 1 heterocycles. The zero-order valence-electron chi connectivity index (χ0n) is 13.6. The van der Waals surface area contributed by atoms with Gasteiger partial charge in [0.15, 0.2) is 5.58 Å². The maximum atomic E-state index is 12.6. The van der Waals surface area contributed by atoms with Crippen LogP contribution in [0.3, 0.4) is 0 Å². The largest absolute Gasteiger partial charge is 0.417 e. The lowest BCUT2D eigenvalue weighted by Gasteiger charge is -2.13. The van der Waals surface area contributed by atoms with Crippen molar-refractivity contribution in [1.29, 1.82) is 0 Å². The van der Waals surface area contributed by atoms with Crippen LogP contribution in [-0.4, -0.2) is 13.4 Å². The van der Waals surface area contributed by atoms with Crippen LogP contribution >= 0.6 is 0 Å². The molecule has 6 nitrogen and oxygen atoms in total. The van der Waals surface area contributed by atoms with Crippen molar-refractivity contribution in [2.75, 3.05) is 0 Å². The minimum atomic E-state index is -3.63. The van der Waals surface area contributed by atoms with Gasteiger partial charge in [0.2, 0.25) is 10.0 Å². The number of benzene rings is 2. The third-order valence-corrected chi connectivity index (χ3v) is 5.53. The standard InChI is InChI=1S/C17H18N2O4S/c1-10-6-11(2)16(12(3)7-10)24(21,22)18-9-13-4-5-15-14(8-13)19-17(20)23-15/h4-8,18H,9H2,1-3H3,(H,19,20). The molecule has 2 N–H and O–H groups in total. The highest BCUT2D eigenvalue weighted by Gasteiger charge is 2.19. The van der Waals surface area contributed by atoms with Gasteiger partial charge in [0.05, 0.1) is 10.4 Å². The van der Waals surface area contributed by atoms with Gasteiger partial charge in [0, 0.05) is 6.54 Å². The van der Waals surface area contributed by atoms with E-state index in [1.807, 2.05) is 19.1 Å². The van der Waals surface area contributed by atoms with Crippen molar-refractivity contribution in [1.82, 2.24) is 9.71 Å². The fourth-order valence-corrected chi connectivity index (χ4v) is 4.42. The van der Waals surface area contributed by atoms with E-state index < -0.39 is 15.8 Å². The highest BCUT2D eigenvalue weighted by Crippen LogP contribution is 2.22. The number of hydrogen-bond donors (Lipinski definition) is 2. The summed E-state index contributed by atoms with van der Waals surface area (Å²) in [5.74, 6) is -0.534. The van der Waals surface area contributed by atoms with E-state index in [1.165, 1.54) is 0 Å². The van der Waals surface area contributed by atoms with Crippen LogP contribution in [0.4, 0.5) is 0 Å². The van der Waals surface area contributed by atoms with E-state index in [0.717, 1.165) is 22.3 Å². The highest BCUT2D eigenvalue weighted by atomic mass is 32.2. The number of rotatable bonds is 4. The van der Waals surface area contributed by atoms with Crippen LogP contribution in [-0.2, 0) is 16.6 Å². The molecule has 0 aliphatic rings. The summed E-state index contributed by atoms with van der Waals surface area (Å²) in [6, 6.07) is 8.75. The van der Waals surface area contributed by atoms with Crippen LogP contribution in [0, 0.1) is 20.8 Å². The molecule has 0 aliphatic carbocycles. The fraction of sp³-hybridized carbons (Fsp3) is 0.235. The van der Waals surface area contributed by atoms with E-state index in [1.54, 1.807) is 32.0 Å². The predicted octanol–water partition coefficient (Wildman–Crippen LogP) is 2.52. The monoisotopic (exact) mass is 346 g/mol. The Kier molecular flexibility index (Phi) is 4.06. The second-order valence-electron chi connectivity index (χ2n) is 5.90. The van der Waals surface area contributed by atoms with Gasteiger partial charge in [-0.05, 0) is 49.6 Å². The smallest absolute Gasteiger partial charge is 0.408 e. The Morgan fingerprint density at radius 1 is 1.08 bits per heavy atom. The Labute approximate surface area is 139 Å². The first-order valence-corrected chi connectivity index (χ1v) is 8.94. The SMILES string of the molecule is Cc1cc(C)c(S(=O)(=O)NCc2ccc3oc(=O)[nH]c3c2)c(C)c1. The van der Waals surface area contributed by atoms with Crippen molar-refractivity contribution in [3.63, 3.8) is 0 Å². The average Bonchev–Trinajstić information content (AvgIpc) is 2.83. The molecule has 0 spiro atoms. The molecule has 2 aromatic carbocycles. The molecular formula is C17H18N2O4S. The fourth-order valence-electron chi connectivity index (χ4n) is 2.95. The van der Waals surface area contributed by atoms with E-state index in [9.17, 15) is 13.2 Å². The molecule has 0 bridgehead atoms. The molecule has 0 unspecified atom stereocenters. The van der Waals surface area contributed by atoms with Crippen LogP contribution in [0.2, 0.25) is 0 Å². The topological polar surface area (TPSA) is 92.2 Å². The second kappa shape index (κ2) is 5.92. The number of aromatic amines is 1. The molecule has 3 rings (SSSR count). The predicted molar refractivity (Wildman–Crippen MR) is 91.5 cm³/mol. The molecule has 0 aliphatic heterocycles. The molecule has 1 aromatic heterocycles. The van der Waals surface area contributed by atoms with Gasteiger partial charge in [-0.2, -0.15) is 0 Å². The van der Waals surface area contributed by atoms with E-state index in [2.05, 4.69) is 9.71 Å². The van der Waals surface area contributed by atoms with Crippen molar-refractivity contribution in [2.45, 2.75) is 32.2 Å². The first-order chi connectivity index (χ1) is 11.3. The van der Waals surface area contributed by atoms with E-state index in [4.69, 9.17) is 4.42 Å². The molecule has 0 atom stereocenters. The summed E-state index contributed by atoms with van der Waals surface area (Å²) in [6.07, 6.45) is 0. The lowest BCUT2D eigenvalue weighted by Crippen LogP contribution is -2.25. The summed E-state index contributed by atoms with van der Waals surface area (Å²) in [5, 5.41) is 0. The van der Waals surface area contributed by atoms with Crippen LogP contribution in [0.25, 0.3) is 11.1 Å². The number of hydrogen-bond acceptors (Lipinski definition) is 4. The molecule has 7 heteroatoms. The summed E-state index contributed by atoms with van der Waals surface area (Å²) < 4.78 is 32.8. The van der Waals surface area contributed by atoms with Gasteiger partial charge in [-0.3, -0.25) is 4.98 Å². The number of H-pyrrole nitrogens is 1. The lowest BCUT2D eigenvalue weighted by atomic mass is 10.1. The molecule has 0 fully saturated rings. The zero-order chi connectivity index (χ0) is 17.5. The van der Waals surface area contributed by atoms with Crippen LogP contribution in [0.5, 0.6) is 0 Å². The number of sulfonamides is 1. The maximum absolute atomic E-state index is 12.6. The quantitative estimate of drug-likeness (QED) is 0.759. The second-order valence-corrected chi connectivity index (χ2v) is 7.60. The Balaban J connectivity index is 1.88. The average molecular weight is 346 g/mol. The molecule has 24 heavy (non-hydrogen) atoms. The van der Waals surface area contributed by atoms with Gasteiger partial charge in [-0.25, -0.2) is 17.9 Å². The van der Waals surface area contributed by atoms with Gasteiger partial charge in [0.1, 0.15) is 0 Å². The highest BCUT2D eigenvalue weighted by molar-refractivity contribution is 7.89. The van der Waals surface area contributed by atoms with Crippen LogP contribution in [0.15, 0.2) is 44.4 Å². The van der Waals surface area contributed by atoms with Crippen molar-refractivity contribution >= 4 is 21.1 Å². The minimum Gasteiger partial charge on any atom is -0.408 e. The number of fused-ring (bicyclic) bond motifs is 1. The van der Waals surface area contributed by atoms with Crippen molar-refractivity contribution in [3.8, 4) is 0 Å². The third-order valence-electron chi connectivity index (χ3n) is 3.82. The molecular weight excluding hydrogens is 328 g/mol. The van der Waals surface area contributed by atoms with E-state index in [-0.39, 0.29) is 6.54 Å². The number of nitrogens with one attached hydrogen (secondary N) is 2. The summed E-state index contributed by atoms with van der Waals surface area (Å²) in [4.78, 5) is 14.0. The molecule has 0 amide bonds. The van der Waals surface area contributed by atoms with Gasteiger partial charge in [-0.15, -0.1) is 0 Å². The number of aryl methyl sites for hydroxylation is 3. The summed E-state index contributed by atoms with van der Waals surface area (Å²) in [5.41, 5.74) is 4.17. The van der Waals surface area contributed by atoms with Gasteiger partial charge in [0.25, 0.3) is 0 Å². The Bertz CT molecular complexity index is 1050. The lowest BCUT2D eigenvalue weighted by molar-refractivity contribution is 0.555. The Hall–Kier alpha value is -2.38. The summed E-state index contributed by atoms with van der Waals surface area (Å²) in [7, 11) is -3.63. The van der Waals surface area contributed by atoms with Crippen molar-refractivity contribution in [3.05, 3.63) is 63.1 Å². The number of aromatic nitrogens is 1. The van der Waals surface area contributed by atoms with Gasteiger partial charge in [-0.1, -0.05) is 23.8 Å². The van der Waals surface area contributed by atoms with E-state index in [0.29, 0.717) is 16.0 Å². The first-order valence-electron chi connectivity index (χ1n) is 7.45. The summed E-state index contributed by atoms with van der Waals surface area (Å²) in [6.45, 7) is 5.64. The normalized spacial score (nSPS) is 12.0. The van der Waals surface area contributed by atoms with Gasteiger partial charge >= 0.3 is 5.76 Å². The van der Waals surface area contributed by atoms with Gasteiger partial charge < -0.3 is 4.42 Å². The summed E-state index contributed by atoms with van der Waals surface area (Å²) >= 11 is 0. The third kappa shape index (κ3) is 3.13. The molecule has 0 saturated heterocycles. The molecule has 126 valence electrons. The number of oxazole rings is 1.